The number of rotatable bonds is 2. The maximum atomic E-state index is 11.9. The minimum absolute atomic E-state index is 0.0666. The Hall–Kier alpha value is -1.27. The lowest BCUT2D eigenvalue weighted by molar-refractivity contribution is -0.174. The highest BCUT2D eigenvalue weighted by atomic mass is 19.4. The molecule has 0 aromatic heterocycles. The summed E-state index contributed by atoms with van der Waals surface area (Å²) >= 11 is 0. The molecular weight excluding hydrogens is 227 g/mol. The van der Waals surface area contributed by atoms with E-state index in [1.165, 1.54) is 0 Å². The van der Waals surface area contributed by atoms with Gasteiger partial charge in [-0.05, 0) is 19.3 Å². The van der Waals surface area contributed by atoms with E-state index in [4.69, 9.17) is 5.11 Å². The lowest BCUT2D eigenvalue weighted by Crippen LogP contribution is -2.45. The summed E-state index contributed by atoms with van der Waals surface area (Å²) < 4.78 is 35.8. The molecule has 2 atom stereocenters. The van der Waals surface area contributed by atoms with Crippen molar-refractivity contribution >= 4 is 11.9 Å². The van der Waals surface area contributed by atoms with Crippen LogP contribution in [0.15, 0.2) is 0 Å². The molecule has 0 radical (unpaired) electrons. The van der Waals surface area contributed by atoms with Crippen LogP contribution in [0.25, 0.3) is 0 Å². The summed E-state index contributed by atoms with van der Waals surface area (Å²) in [6, 6.07) is -0.691. The summed E-state index contributed by atoms with van der Waals surface area (Å²) in [5.41, 5.74) is 0. The molecule has 16 heavy (non-hydrogen) atoms. The van der Waals surface area contributed by atoms with Crippen LogP contribution < -0.4 is 5.32 Å². The maximum absolute atomic E-state index is 11.9. The highest BCUT2D eigenvalue weighted by molar-refractivity contribution is 5.82. The molecule has 1 fully saturated rings. The van der Waals surface area contributed by atoms with Gasteiger partial charge in [-0.15, -0.1) is 0 Å². The largest absolute Gasteiger partial charge is 0.481 e. The highest BCUT2D eigenvalue weighted by Crippen LogP contribution is 2.25. The number of carboxylic acid groups (broad SMARTS) is 1. The van der Waals surface area contributed by atoms with Crippen LogP contribution in [0.1, 0.15) is 25.7 Å². The number of carboxylic acids is 1. The third kappa shape index (κ3) is 3.39. The average molecular weight is 239 g/mol. The Morgan fingerprint density at radius 1 is 1.25 bits per heavy atom. The van der Waals surface area contributed by atoms with Crippen LogP contribution in [0.3, 0.4) is 0 Å². The van der Waals surface area contributed by atoms with E-state index in [-0.39, 0.29) is 6.42 Å². The molecule has 4 nitrogen and oxygen atoms in total. The Bertz CT molecular complexity index is 290. The van der Waals surface area contributed by atoms with Crippen molar-refractivity contribution < 1.29 is 27.9 Å². The monoisotopic (exact) mass is 239 g/mol. The van der Waals surface area contributed by atoms with Crippen molar-refractivity contribution in [3.8, 4) is 0 Å². The molecule has 1 aliphatic carbocycles. The molecule has 2 N–H and O–H groups in total. The van der Waals surface area contributed by atoms with Gasteiger partial charge in [-0.1, -0.05) is 6.42 Å². The van der Waals surface area contributed by atoms with E-state index < -0.39 is 30.0 Å². The van der Waals surface area contributed by atoms with Crippen LogP contribution >= 0.6 is 0 Å². The number of amides is 1. The summed E-state index contributed by atoms with van der Waals surface area (Å²) in [5.74, 6) is -3.68. The van der Waals surface area contributed by atoms with Crippen LogP contribution in [-0.2, 0) is 9.59 Å². The summed E-state index contributed by atoms with van der Waals surface area (Å²) in [6.45, 7) is 0. The van der Waals surface area contributed by atoms with Gasteiger partial charge in [0.1, 0.15) is 0 Å². The van der Waals surface area contributed by atoms with E-state index in [1.807, 2.05) is 5.32 Å². The van der Waals surface area contributed by atoms with Crippen LogP contribution in [0.4, 0.5) is 13.2 Å². The predicted octanol–water partition coefficient (Wildman–Crippen LogP) is 1.31. The van der Waals surface area contributed by atoms with Crippen LogP contribution in [0.2, 0.25) is 0 Å². The van der Waals surface area contributed by atoms with E-state index in [2.05, 4.69) is 0 Å². The molecule has 1 saturated carbocycles. The first kappa shape index (κ1) is 12.8. The number of carbonyl (C=O) groups excluding carboxylic acids is 1. The summed E-state index contributed by atoms with van der Waals surface area (Å²) in [4.78, 5) is 21.3. The standard InChI is InChI=1S/C9H12F3NO3/c10-9(11,12)8(16)13-6-3-1-2-5(4-6)7(14)15/h5-6H,1-4H2,(H,13,16)(H,14,15)/t5-,6-/m0/s1. The molecule has 7 heteroatoms. The zero-order valence-electron chi connectivity index (χ0n) is 8.38. The minimum Gasteiger partial charge on any atom is -0.481 e. The first-order valence-electron chi connectivity index (χ1n) is 4.91. The van der Waals surface area contributed by atoms with E-state index >= 15 is 0 Å². The number of hydrogen-bond donors (Lipinski definition) is 2. The summed E-state index contributed by atoms with van der Waals surface area (Å²) in [6.07, 6.45) is -3.48. The molecule has 0 heterocycles. The van der Waals surface area contributed by atoms with Crippen molar-refractivity contribution in [2.24, 2.45) is 5.92 Å². The first-order chi connectivity index (χ1) is 7.30. The molecule has 0 aromatic rings. The summed E-state index contributed by atoms with van der Waals surface area (Å²) in [5, 5.41) is 10.5. The maximum Gasteiger partial charge on any atom is 0.471 e. The van der Waals surface area contributed by atoms with Gasteiger partial charge in [0.15, 0.2) is 0 Å². The minimum atomic E-state index is -4.91. The quantitative estimate of drug-likeness (QED) is 0.763. The Balaban J connectivity index is 2.49. The van der Waals surface area contributed by atoms with Crippen molar-refractivity contribution in [2.45, 2.75) is 37.9 Å². The van der Waals surface area contributed by atoms with Crippen molar-refractivity contribution in [1.82, 2.24) is 5.32 Å². The number of halogens is 3. The van der Waals surface area contributed by atoms with Crippen molar-refractivity contribution in [3.05, 3.63) is 0 Å². The fraction of sp³-hybridized carbons (Fsp3) is 0.778. The zero-order chi connectivity index (χ0) is 12.3. The molecule has 1 rings (SSSR count). The highest BCUT2D eigenvalue weighted by Gasteiger charge is 2.40. The molecule has 0 unspecified atom stereocenters. The molecule has 0 aromatic carbocycles. The smallest absolute Gasteiger partial charge is 0.471 e. The van der Waals surface area contributed by atoms with E-state index in [0.717, 1.165) is 0 Å². The molecule has 0 saturated heterocycles. The van der Waals surface area contributed by atoms with Gasteiger partial charge in [0.25, 0.3) is 0 Å². The lowest BCUT2D eigenvalue weighted by atomic mass is 9.86. The number of carbonyl (C=O) groups is 2. The fourth-order valence-electron chi connectivity index (χ4n) is 1.81. The second kappa shape index (κ2) is 4.71. The van der Waals surface area contributed by atoms with Crippen molar-refractivity contribution in [1.29, 1.82) is 0 Å². The van der Waals surface area contributed by atoms with Gasteiger partial charge < -0.3 is 10.4 Å². The van der Waals surface area contributed by atoms with Crippen LogP contribution in [-0.4, -0.2) is 29.2 Å². The number of hydrogen-bond acceptors (Lipinski definition) is 2. The van der Waals surface area contributed by atoms with Gasteiger partial charge in [0.2, 0.25) is 0 Å². The Morgan fingerprint density at radius 2 is 1.88 bits per heavy atom. The molecule has 0 bridgehead atoms. The Labute approximate surface area is 89.8 Å². The van der Waals surface area contributed by atoms with E-state index in [0.29, 0.717) is 19.3 Å². The molecule has 92 valence electrons. The summed E-state index contributed by atoms with van der Waals surface area (Å²) in [7, 11) is 0. The third-order valence-corrected chi connectivity index (χ3v) is 2.62. The topological polar surface area (TPSA) is 66.4 Å². The van der Waals surface area contributed by atoms with Gasteiger partial charge in [-0.3, -0.25) is 9.59 Å². The average Bonchev–Trinajstić information content (AvgIpc) is 2.16. The van der Waals surface area contributed by atoms with Gasteiger partial charge in [-0.25, -0.2) is 0 Å². The Kier molecular flexibility index (Phi) is 3.77. The van der Waals surface area contributed by atoms with Gasteiger partial charge in [-0.2, -0.15) is 13.2 Å². The molecule has 0 spiro atoms. The SMILES string of the molecule is O=C(O)[C@H]1CCC[C@H](NC(=O)C(F)(F)F)C1. The number of nitrogens with one attached hydrogen (secondary N) is 1. The van der Waals surface area contributed by atoms with Crippen molar-refractivity contribution in [2.75, 3.05) is 0 Å². The number of alkyl halides is 3. The third-order valence-electron chi connectivity index (χ3n) is 2.62. The fourth-order valence-corrected chi connectivity index (χ4v) is 1.81. The van der Waals surface area contributed by atoms with Crippen LogP contribution in [0.5, 0.6) is 0 Å². The molecule has 1 aliphatic rings. The van der Waals surface area contributed by atoms with Crippen LogP contribution in [0, 0.1) is 5.92 Å². The second-order valence-electron chi connectivity index (χ2n) is 3.87. The molecule has 0 aliphatic heterocycles. The zero-order valence-corrected chi connectivity index (χ0v) is 8.38. The molecular formula is C9H12F3NO3. The van der Waals surface area contributed by atoms with Gasteiger partial charge in [0.05, 0.1) is 5.92 Å². The van der Waals surface area contributed by atoms with E-state index in [1.54, 1.807) is 0 Å². The van der Waals surface area contributed by atoms with Gasteiger partial charge >= 0.3 is 18.1 Å². The Morgan fingerprint density at radius 3 is 2.38 bits per heavy atom. The van der Waals surface area contributed by atoms with Gasteiger partial charge in [0, 0.05) is 6.04 Å². The normalized spacial score (nSPS) is 26.2. The lowest BCUT2D eigenvalue weighted by Gasteiger charge is -2.27. The molecule has 1 amide bonds. The predicted molar refractivity (Wildman–Crippen MR) is 47.6 cm³/mol. The first-order valence-corrected chi connectivity index (χ1v) is 4.91. The second-order valence-corrected chi connectivity index (χ2v) is 3.87. The van der Waals surface area contributed by atoms with E-state index in [9.17, 15) is 22.8 Å². The van der Waals surface area contributed by atoms with Crippen molar-refractivity contribution in [3.63, 3.8) is 0 Å². The number of aliphatic carboxylic acids is 1.